The first-order chi connectivity index (χ1) is 11.4. The highest BCUT2D eigenvalue weighted by atomic mass is 127. The van der Waals surface area contributed by atoms with Crippen molar-refractivity contribution < 1.29 is 4.39 Å². The van der Waals surface area contributed by atoms with E-state index < -0.39 is 0 Å². The smallest absolute Gasteiger partial charge is 0.127 e. The fraction of sp³-hybridized carbons (Fsp3) is 0.150. The summed E-state index contributed by atoms with van der Waals surface area (Å²) >= 11 is 2.31. The molecule has 0 aliphatic rings. The topological polar surface area (TPSA) is 24.9 Å². The molecule has 0 bridgehead atoms. The van der Waals surface area contributed by atoms with Gasteiger partial charge in [0.05, 0.1) is 0 Å². The monoisotopic (exact) mass is 432 g/mol. The minimum Gasteiger partial charge on any atom is -0.352 e. The van der Waals surface area contributed by atoms with Crippen LogP contribution in [-0.4, -0.2) is 4.98 Å². The van der Waals surface area contributed by atoms with Crippen LogP contribution in [0.15, 0.2) is 66.9 Å². The van der Waals surface area contributed by atoms with Crippen LogP contribution in [0.1, 0.15) is 18.1 Å². The van der Waals surface area contributed by atoms with E-state index in [1.165, 1.54) is 17.7 Å². The molecule has 2 nitrogen and oxygen atoms in total. The summed E-state index contributed by atoms with van der Waals surface area (Å²) in [5.41, 5.74) is 4.46. The van der Waals surface area contributed by atoms with Gasteiger partial charge >= 0.3 is 0 Å². The highest BCUT2D eigenvalue weighted by Gasteiger charge is 2.22. The van der Waals surface area contributed by atoms with Crippen LogP contribution in [0.4, 0.5) is 10.2 Å². The molecule has 1 N–H and O–H groups in total. The fourth-order valence-corrected chi connectivity index (χ4v) is 3.10. The van der Waals surface area contributed by atoms with Crippen LogP contribution in [0, 0.1) is 12.7 Å². The largest absolute Gasteiger partial charge is 0.352 e. The molecule has 1 unspecified atom stereocenters. The van der Waals surface area contributed by atoms with Gasteiger partial charge in [-0.2, -0.15) is 0 Å². The van der Waals surface area contributed by atoms with Crippen molar-refractivity contribution in [3.8, 4) is 11.1 Å². The molecule has 0 fully saturated rings. The number of rotatable bonds is 4. The fourth-order valence-electron chi connectivity index (χ4n) is 2.46. The van der Waals surface area contributed by atoms with Gasteiger partial charge in [-0.1, -0.05) is 42.0 Å². The van der Waals surface area contributed by atoms with E-state index in [1.807, 2.05) is 19.2 Å². The van der Waals surface area contributed by atoms with Gasteiger partial charge in [0.25, 0.3) is 0 Å². The van der Waals surface area contributed by atoms with Gasteiger partial charge in [-0.15, -0.1) is 0 Å². The van der Waals surface area contributed by atoms with Gasteiger partial charge in [0.1, 0.15) is 15.2 Å². The molecule has 0 radical (unpaired) electrons. The number of hydrogen-bond acceptors (Lipinski definition) is 2. The zero-order chi connectivity index (χ0) is 17.2. The number of nitrogens with one attached hydrogen (secondary N) is 1. The molecule has 0 aliphatic carbocycles. The van der Waals surface area contributed by atoms with Crippen LogP contribution in [0.25, 0.3) is 11.1 Å². The zero-order valence-corrected chi connectivity index (χ0v) is 15.7. The highest BCUT2D eigenvalue weighted by molar-refractivity contribution is 14.1. The van der Waals surface area contributed by atoms with Crippen molar-refractivity contribution in [1.82, 2.24) is 4.98 Å². The summed E-state index contributed by atoms with van der Waals surface area (Å²) in [4.78, 5) is 4.52. The van der Waals surface area contributed by atoms with E-state index in [-0.39, 0.29) is 9.36 Å². The maximum absolute atomic E-state index is 13.1. The van der Waals surface area contributed by atoms with Crippen LogP contribution in [0.5, 0.6) is 0 Å². The van der Waals surface area contributed by atoms with E-state index in [0.29, 0.717) is 0 Å². The molecule has 1 heterocycles. The van der Waals surface area contributed by atoms with E-state index in [2.05, 4.69) is 70.1 Å². The lowest BCUT2D eigenvalue weighted by atomic mass is 10.1. The van der Waals surface area contributed by atoms with E-state index in [4.69, 9.17) is 0 Å². The van der Waals surface area contributed by atoms with Crippen molar-refractivity contribution in [2.45, 2.75) is 17.4 Å². The Labute approximate surface area is 155 Å². The summed E-state index contributed by atoms with van der Waals surface area (Å²) in [6.45, 7) is 4.11. The number of aromatic nitrogens is 1. The normalized spacial score (nSPS) is 13.3. The van der Waals surface area contributed by atoms with Gasteiger partial charge in [-0.05, 0) is 71.8 Å². The standard InChI is InChI=1S/C20H18FIN2/c1-14-3-5-15(6-4-14)16-7-12-19(23-13-16)24-20(2,22)17-8-10-18(21)11-9-17/h3-13H,1-2H3,(H,23,24). The molecule has 0 spiro atoms. The lowest BCUT2D eigenvalue weighted by Gasteiger charge is -2.25. The minimum atomic E-state index is -0.371. The third-order valence-electron chi connectivity index (χ3n) is 3.90. The van der Waals surface area contributed by atoms with E-state index in [9.17, 15) is 4.39 Å². The molecule has 0 aliphatic heterocycles. The first-order valence-electron chi connectivity index (χ1n) is 7.70. The number of alkyl halides is 1. The predicted octanol–water partition coefficient (Wildman–Crippen LogP) is 5.92. The number of nitrogens with zero attached hydrogens (tertiary/aromatic N) is 1. The van der Waals surface area contributed by atoms with Crippen molar-refractivity contribution in [2.24, 2.45) is 0 Å². The van der Waals surface area contributed by atoms with Gasteiger partial charge in [-0.3, -0.25) is 0 Å². The van der Waals surface area contributed by atoms with Gasteiger partial charge < -0.3 is 5.32 Å². The average Bonchev–Trinajstić information content (AvgIpc) is 2.56. The van der Waals surface area contributed by atoms with Crippen LogP contribution in [0.3, 0.4) is 0 Å². The number of hydrogen-bond donors (Lipinski definition) is 1. The van der Waals surface area contributed by atoms with E-state index >= 15 is 0 Å². The number of anilines is 1. The molecule has 0 saturated carbocycles. The van der Waals surface area contributed by atoms with Gasteiger partial charge in [0, 0.05) is 11.8 Å². The second kappa shape index (κ2) is 6.89. The first-order valence-corrected chi connectivity index (χ1v) is 8.78. The van der Waals surface area contributed by atoms with Crippen LogP contribution in [0.2, 0.25) is 0 Å². The van der Waals surface area contributed by atoms with E-state index in [0.717, 1.165) is 22.5 Å². The number of halogens is 2. The molecule has 1 atom stereocenters. The highest BCUT2D eigenvalue weighted by Crippen LogP contribution is 2.32. The Hall–Kier alpha value is -1.95. The van der Waals surface area contributed by atoms with Crippen molar-refractivity contribution in [1.29, 1.82) is 0 Å². The molecule has 3 rings (SSSR count). The van der Waals surface area contributed by atoms with Crippen molar-refractivity contribution >= 4 is 28.4 Å². The Morgan fingerprint density at radius 2 is 1.54 bits per heavy atom. The zero-order valence-electron chi connectivity index (χ0n) is 13.6. The number of pyridine rings is 1. The summed E-state index contributed by atoms with van der Waals surface area (Å²) in [6, 6.07) is 18.9. The number of benzene rings is 2. The summed E-state index contributed by atoms with van der Waals surface area (Å²) in [5.74, 6) is 0.554. The Kier molecular flexibility index (Phi) is 4.85. The average molecular weight is 432 g/mol. The second-order valence-corrected chi connectivity index (χ2v) is 8.09. The second-order valence-electron chi connectivity index (χ2n) is 5.93. The van der Waals surface area contributed by atoms with Gasteiger partial charge in [-0.25, -0.2) is 9.37 Å². The molecule has 3 aromatic rings. The third kappa shape index (κ3) is 3.93. The summed E-state index contributed by atoms with van der Waals surface area (Å²) in [7, 11) is 0. The lowest BCUT2D eigenvalue weighted by molar-refractivity contribution is 0.626. The molecule has 2 aromatic carbocycles. The Morgan fingerprint density at radius 1 is 0.917 bits per heavy atom. The molecule has 24 heavy (non-hydrogen) atoms. The van der Waals surface area contributed by atoms with Crippen molar-refractivity contribution in [2.75, 3.05) is 5.32 Å². The van der Waals surface area contributed by atoms with Crippen molar-refractivity contribution in [3.05, 3.63) is 83.8 Å². The SMILES string of the molecule is Cc1ccc(-c2ccc(NC(C)(I)c3ccc(F)cc3)nc2)cc1. The van der Waals surface area contributed by atoms with Gasteiger partial charge in [0.15, 0.2) is 0 Å². The lowest BCUT2D eigenvalue weighted by Crippen LogP contribution is -2.24. The molecule has 0 amide bonds. The third-order valence-corrected chi connectivity index (χ3v) is 4.79. The summed E-state index contributed by atoms with van der Waals surface area (Å²) in [6.07, 6.45) is 1.87. The maximum atomic E-state index is 13.1. The minimum absolute atomic E-state index is 0.230. The Balaban J connectivity index is 1.78. The van der Waals surface area contributed by atoms with Crippen LogP contribution < -0.4 is 5.32 Å². The van der Waals surface area contributed by atoms with Crippen LogP contribution in [-0.2, 0) is 3.55 Å². The van der Waals surface area contributed by atoms with Gasteiger partial charge in [0.2, 0.25) is 0 Å². The molecular formula is C20H18FIN2. The summed E-state index contributed by atoms with van der Waals surface area (Å²) < 4.78 is 12.7. The quantitative estimate of drug-likeness (QED) is 0.315. The van der Waals surface area contributed by atoms with Crippen LogP contribution >= 0.6 is 22.6 Å². The maximum Gasteiger partial charge on any atom is 0.127 e. The molecule has 1 aromatic heterocycles. The Morgan fingerprint density at radius 3 is 2.12 bits per heavy atom. The molecule has 4 heteroatoms. The first kappa shape index (κ1) is 16.9. The van der Waals surface area contributed by atoms with E-state index in [1.54, 1.807) is 12.1 Å². The number of aryl methyl sites for hydroxylation is 1. The predicted molar refractivity (Wildman–Crippen MR) is 106 cm³/mol. The molecular weight excluding hydrogens is 414 g/mol. The van der Waals surface area contributed by atoms with Crippen molar-refractivity contribution in [3.63, 3.8) is 0 Å². The Bertz CT molecular complexity index is 810. The summed E-state index contributed by atoms with van der Waals surface area (Å²) in [5, 5.41) is 3.39. The molecule has 122 valence electrons. The molecule has 0 saturated heterocycles.